The molecule has 0 saturated heterocycles. The second kappa shape index (κ2) is 6.97. The minimum absolute atomic E-state index is 0.0772. The fourth-order valence-electron chi connectivity index (χ4n) is 2.84. The Labute approximate surface area is 148 Å². The van der Waals surface area contributed by atoms with Crippen LogP contribution < -0.4 is 4.74 Å². The molecule has 0 amide bonds. The lowest BCUT2D eigenvalue weighted by Gasteiger charge is -2.19. The lowest BCUT2D eigenvalue weighted by molar-refractivity contribution is -0.140. The molecule has 2 aromatic carbocycles. The summed E-state index contributed by atoms with van der Waals surface area (Å²) < 4.78 is 59.2. The van der Waals surface area contributed by atoms with Crippen LogP contribution in [0.2, 0.25) is 0 Å². The predicted octanol–water partition coefficient (Wildman–Crippen LogP) is 5.65. The number of carboxylic acid groups (broad SMARTS) is 1. The van der Waals surface area contributed by atoms with Crippen molar-refractivity contribution in [2.75, 3.05) is 7.11 Å². The fourth-order valence-corrected chi connectivity index (χ4v) is 2.84. The zero-order valence-electron chi connectivity index (χ0n) is 14.7. The van der Waals surface area contributed by atoms with Crippen molar-refractivity contribution in [1.29, 1.82) is 0 Å². The van der Waals surface area contributed by atoms with Gasteiger partial charge in [0.15, 0.2) is 5.82 Å². The first kappa shape index (κ1) is 19.8. The summed E-state index contributed by atoms with van der Waals surface area (Å²) >= 11 is 0. The van der Waals surface area contributed by atoms with E-state index < -0.39 is 34.7 Å². The number of aromatic carboxylic acids is 1. The molecule has 0 atom stereocenters. The van der Waals surface area contributed by atoms with Gasteiger partial charge in [-0.05, 0) is 42.2 Å². The van der Waals surface area contributed by atoms with Gasteiger partial charge in [-0.2, -0.15) is 13.2 Å². The Bertz CT molecular complexity index is 855. The third kappa shape index (κ3) is 3.52. The summed E-state index contributed by atoms with van der Waals surface area (Å²) in [7, 11) is 1.35. The van der Waals surface area contributed by atoms with E-state index in [1.54, 1.807) is 18.2 Å². The lowest BCUT2D eigenvalue weighted by Crippen LogP contribution is -2.16. The Morgan fingerprint density at radius 1 is 1.15 bits per heavy atom. The molecular weight excluding hydrogens is 352 g/mol. The number of benzene rings is 2. The Hall–Kier alpha value is -2.57. The summed E-state index contributed by atoms with van der Waals surface area (Å²) in [5.74, 6) is -3.25. The molecule has 140 valence electrons. The Morgan fingerprint density at radius 3 is 2.23 bits per heavy atom. The molecule has 0 fully saturated rings. The van der Waals surface area contributed by atoms with Gasteiger partial charge in [-0.1, -0.05) is 19.9 Å². The molecule has 3 nitrogen and oxygen atoms in total. The highest BCUT2D eigenvalue weighted by Gasteiger charge is 2.39. The first-order valence-electron chi connectivity index (χ1n) is 7.80. The topological polar surface area (TPSA) is 46.5 Å². The van der Waals surface area contributed by atoms with Gasteiger partial charge < -0.3 is 9.84 Å². The van der Waals surface area contributed by atoms with Crippen molar-refractivity contribution in [3.63, 3.8) is 0 Å². The number of rotatable bonds is 4. The van der Waals surface area contributed by atoms with Gasteiger partial charge in [-0.3, -0.25) is 0 Å². The molecule has 0 heterocycles. The van der Waals surface area contributed by atoms with E-state index >= 15 is 0 Å². The third-order valence-corrected chi connectivity index (χ3v) is 4.14. The van der Waals surface area contributed by atoms with Crippen molar-refractivity contribution >= 4 is 5.97 Å². The largest absolute Gasteiger partial charge is 0.496 e. The van der Waals surface area contributed by atoms with Crippen LogP contribution in [-0.2, 0) is 6.18 Å². The van der Waals surface area contributed by atoms with E-state index in [9.17, 15) is 27.5 Å². The maximum Gasteiger partial charge on any atom is 0.419 e. The van der Waals surface area contributed by atoms with Crippen LogP contribution in [-0.4, -0.2) is 18.2 Å². The molecule has 0 aliphatic heterocycles. The van der Waals surface area contributed by atoms with Gasteiger partial charge in [0.25, 0.3) is 0 Å². The Balaban J connectivity index is 2.91. The molecule has 2 aromatic rings. The molecule has 0 spiro atoms. The summed E-state index contributed by atoms with van der Waals surface area (Å²) in [5.41, 5.74) is -2.10. The molecule has 7 heteroatoms. The molecule has 26 heavy (non-hydrogen) atoms. The van der Waals surface area contributed by atoms with Crippen LogP contribution >= 0.6 is 0 Å². The standard InChI is InChI=1S/C19H18F4O3/c1-9(2)11-5-6-14(26-4)12(8-11)13-7-10(3)16(19(21,22)23)17(20)15(13)18(24)25/h5-9H,1-4H3,(H,24,25). The zero-order chi connectivity index (χ0) is 19.8. The van der Waals surface area contributed by atoms with Crippen LogP contribution in [0.1, 0.15) is 46.8 Å². The van der Waals surface area contributed by atoms with E-state index in [1.165, 1.54) is 7.11 Å². The molecular formula is C19H18F4O3. The van der Waals surface area contributed by atoms with E-state index in [0.29, 0.717) is 0 Å². The normalized spacial score (nSPS) is 11.7. The van der Waals surface area contributed by atoms with Crippen LogP contribution in [0.4, 0.5) is 17.6 Å². The molecule has 0 aliphatic rings. The highest BCUT2D eigenvalue weighted by Crippen LogP contribution is 2.41. The summed E-state index contributed by atoms with van der Waals surface area (Å²) in [6.45, 7) is 4.91. The summed E-state index contributed by atoms with van der Waals surface area (Å²) in [5, 5.41) is 9.38. The van der Waals surface area contributed by atoms with Crippen molar-refractivity contribution in [3.05, 3.63) is 52.3 Å². The molecule has 0 unspecified atom stereocenters. The highest BCUT2D eigenvalue weighted by atomic mass is 19.4. The van der Waals surface area contributed by atoms with Crippen molar-refractivity contribution < 1.29 is 32.2 Å². The van der Waals surface area contributed by atoms with Crippen LogP contribution in [0.15, 0.2) is 24.3 Å². The van der Waals surface area contributed by atoms with E-state index in [2.05, 4.69) is 0 Å². The third-order valence-electron chi connectivity index (χ3n) is 4.14. The SMILES string of the molecule is COc1ccc(C(C)C)cc1-c1cc(C)c(C(F)(F)F)c(F)c1C(=O)O. The monoisotopic (exact) mass is 370 g/mol. The first-order chi connectivity index (χ1) is 12.0. The number of hydrogen-bond donors (Lipinski definition) is 1. The number of ether oxygens (including phenoxy) is 1. The first-order valence-corrected chi connectivity index (χ1v) is 7.80. The van der Waals surface area contributed by atoms with E-state index in [-0.39, 0.29) is 22.8 Å². The molecule has 1 N–H and O–H groups in total. The van der Waals surface area contributed by atoms with Crippen molar-refractivity contribution in [3.8, 4) is 16.9 Å². The van der Waals surface area contributed by atoms with E-state index in [0.717, 1.165) is 18.6 Å². The molecule has 0 saturated carbocycles. The van der Waals surface area contributed by atoms with Crippen molar-refractivity contribution in [2.45, 2.75) is 32.9 Å². The second-order valence-electron chi connectivity index (χ2n) is 6.22. The Kier molecular flexibility index (Phi) is 5.30. The number of hydrogen-bond acceptors (Lipinski definition) is 2. The maximum atomic E-state index is 14.6. The molecule has 0 aromatic heterocycles. The second-order valence-corrected chi connectivity index (χ2v) is 6.22. The van der Waals surface area contributed by atoms with Gasteiger partial charge in [0, 0.05) is 11.1 Å². The van der Waals surface area contributed by atoms with Crippen LogP contribution in [0.25, 0.3) is 11.1 Å². The zero-order valence-corrected chi connectivity index (χ0v) is 14.7. The van der Waals surface area contributed by atoms with Gasteiger partial charge in [-0.25, -0.2) is 9.18 Å². The number of carbonyl (C=O) groups is 1. The van der Waals surface area contributed by atoms with Gasteiger partial charge in [0.1, 0.15) is 11.3 Å². The average Bonchev–Trinajstić information content (AvgIpc) is 2.51. The minimum atomic E-state index is -5.00. The van der Waals surface area contributed by atoms with Gasteiger partial charge in [0.2, 0.25) is 0 Å². The average molecular weight is 370 g/mol. The number of methoxy groups -OCH3 is 1. The summed E-state index contributed by atoms with van der Waals surface area (Å²) in [6.07, 6.45) is -5.00. The predicted molar refractivity (Wildman–Crippen MR) is 89.2 cm³/mol. The molecule has 2 rings (SSSR count). The van der Waals surface area contributed by atoms with Crippen LogP contribution in [0.5, 0.6) is 5.75 Å². The Morgan fingerprint density at radius 2 is 1.77 bits per heavy atom. The number of aryl methyl sites for hydroxylation is 1. The van der Waals surface area contributed by atoms with E-state index in [4.69, 9.17) is 4.74 Å². The summed E-state index contributed by atoms with van der Waals surface area (Å²) in [4.78, 5) is 11.6. The number of alkyl halides is 3. The fraction of sp³-hybridized carbons (Fsp3) is 0.316. The van der Waals surface area contributed by atoms with Crippen LogP contribution in [0, 0.1) is 12.7 Å². The molecule has 0 radical (unpaired) electrons. The van der Waals surface area contributed by atoms with Gasteiger partial charge in [0.05, 0.1) is 12.7 Å². The quantitative estimate of drug-likeness (QED) is 0.708. The summed E-state index contributed by atoms with van der Waals surface area (Å²) in [6, 6.07) is 6.00. The lowest BCUT2D eigenvalue weighted by atomic mass is 9.90. The number of carboxylic acids is 1. The van der Waals surface area contributed by atoms with Crippen molar-refractivity contribution in [2.24, 2.45) is 0 Å². The van der Waals surface area contributed by atoms with Crippen molar-refractivity contribution in [1.82, 2.24) is 0 Å². The maximum absolute atomic E-state index is 14.6. The van der Waals surface area contributed by atoms with Gasteiger partial charge >= 0.3 is 12.1 Å². The number of halogens is 4. The molecule has 0 aliphatic carbocycles. The van der Waals surface area contributed by atoms with Crippen LogP contribution in [0.3, 0.4) is 0 Å². The molecule has 0 bridgehead atoms. The smallest absolute Gasteiger partial charge is 0.419 e. The highest BCUT2D eigenvalue weighted by molar-refractivity contribution is 5.98. The minimum Gasteiger partial charge on any atom is -0.496 e. The van der Waals surface area contributed by atoms with Gasteiger partial charge in [-0.15, -0.1) is 0 Å². The van der Waals surface area contributed by atoms with E-state index in [1.807, 2.05) is 13.8 Å².